The van der Waals surface area contributed by atoms with Crippen LogP contribution in [0, 0.1) is 0 Å². The molecule has 17 heavy (non-hydrogen) atoms. The second kappa shape index (κ2) is 12.4. The van der Waals surface area contributed by atoms with Crippen LogP contribution in [0.3, 0.4) is 0 Å². The van der Waals surface area contributed by atoms with Crippen LogP contribution in [0.15, 0.2) is 5.16 Å². The molecule has 0 rings (SSSR count). The summed E-state index contributed by atoms with van der Waals surface area (Å²) >= 11 is 0. The zero-order valence-electron chi connectivity index (χ0n) is 9.88. The highest BCUT2D eigenvalue weighted by atomic mass is 16.6. The fourth-order valence-corrected chi connectivity index (χ4v) is 0.454. The maximum absolute atomic E-state index is 9.92. The van der Waals surface area contributed by atoms with Crippen LogP contribution in [-0.2, 0) is 19.3 Å². The number of carboxylic acids is 2. The number of nitrogens with two attached hydrogens (primary N) is 1. The van der Waals surface area contributed by atoms with Crippen LogP contribution < -0.4 is 5.90 Å². The number of oxime groups is 1. The average Bonchev–Trinajstić information content (AvgIpc) is 2.22. The Morgan fingerprint density at radius 2 is 1.59 bits per heavy atom. The van der Waals surface area contributed by atoms with E-state index in [2.05, 4.69) is 20.7 Å². The first-order valence-electron chi connectivity index (χ1n) is 4.78. The van der Waals surface area contributed by atoms with E-state index >= 15 is 0 Å². The topological polar surface area (TPSA) is 131 Å². The molecule has 0 spiro atoms. The number of aliphatic carboxylic acids is 2. The van der Waals surface area contributed by atoms with Crippen LogP contribution in [0.2, 0.25) is 0 Å². The van der Waals surface area contributed by atoms with Gasteiger partial charge in [0.1, 0.15) is 6.61 Å². The number of nitrogens with zero attached hydrogens (tertiary/aromatic N) is 1. The summed E-state index contributed by atoms with van der Waals surface area (Å²) in [6, 6.07) is 0. The van der Waals surface area contributed by atoms with Crippen LogP contribution in [0.1, 0.15) is 26.7 Å². The molecule has 0 amide bonds. The van der Waals surface area contributed by atoms with Gasteiger partial charge in [-0.2, -0.15) is 0 Å². The quantitative estimate of drug-likeness (QED) is 0.334. The van der Waals surface area contributed by atoms with Gasteiger partial charge in [-0.1, -0.05) is 5.16 Å². The second-order valence-corrected chi connectivity index (χ2v) is 3.03. The average molecular weight is 250 g/mol. The molecule has 0 aromatic heterocycles. The molecule has 0 aliphatic heterocycles. The molecule has 4 N–H and O–H groups in total. The molecule has 0 fully saturated rings. The van der Waals surface area contributed by atoms with E-state index in [9.17, 15) is 9.59 Å². The Morgan fingerprint density at radius 1 is 1.12 bits per heavy atom. The van der Waals surface area contributed by atoms with Crippen molar-refractivity contribution >= 4 is 17.7 Å². The summed E-state index contributed by atoms with van der Waals surface area (Å²) in [6.45, 7) is 3.78. The summed E-state index contributed by atoms with van der Waals surface area (Å²) in [5, 5.41) is 19.6. The summed E-state index contributed by atoms with van der Waals surface area (Å²) in [5.74, 6) is 2.74. The Bertz CT molecular complexity index is 250. The Morgan fingerprint density at radius 3 is 1.88 bits per heavy atom. The summed E-state index contributed by atoms with van der Waals surface area (Å²) < 4.78 is 0. The van der Waals surface area contributed by atoms with Gasteiger partial charge in [-0.3, -0.25) is 9.59 Å². The largest absolute Gasteiger partial charge is 0.481 e. The molecule has 0 atom stereocenters. The van der Waals surface area contributed by atoms with Crippen molar-refractivity contribution in [2.24, 2.45) is 11.1 Å². The molecule has 0 aromatic rings. The van der Waals surface area contributed by atoms with Crippen molar-refractivity contribution in [1.29, 1.82) is 0 Å². The molecule has 0 aliphatic carbocycles. The summed E-state index contributed by atoms with van der Waals surface area (Å²) in [4.78, 5) is 28.1. The van der Waals surface area contributed by atoms with Gasteiger partial charge in [-0.05, 0) is 13.8 Å². The highest BCUT2D eigenvalue weighted by molar-refractivity contribution is 5.78. The Labute approximate surface area is 98.9 Å². The maximum atomic E-state index is 9.92. The molecule has 8 nitrogen and oxygen atoms in total. The maximum Gasteiger partial charge on any atom is 0.306 e. The van der Waals surface area contributed by atoms with E-state index < -0.39 is 11.9 Å². The van der Waals surface area contributed by atoms with Gasteiger partial charge in [0.15, 0.2) is 0 Å². The molecule has 100 valence electrons. The molecule has 0 saturated carbocycles. The second-order valence-electron chi connectivity index (χ2n) is 3.03. The van der Waals surface area contributed by atoms with Crippen molar-refractivity contribution in [2.45, 2.75) is 26.7 Å². The highest BCUT2D eigenvalue weighted by Crippen LogP contribution is 1.84. The molecular formula is C9H18N2O6. The molecule has 0 saturated heterocycles. The Kier molecular flexibility index (Phi) is 12.9. The van der Waals surface area contributed by atoms with Gasteiger partial charge < -0.3 is 19.9 Å². The first kappa shape index (κ1) is 17.7. The van der Waals surface area contributed by atoms with Gasteiger partial charge in [-0.25, -0.2) is 5.90 Å². The van der Waals surface area contributed by atoms with Crippen molar-refractivity contribution in [2.75, 3.05) is 13.2 Å². The van der Waals surface area contributed by atoms with Crippen LogP contribution in [0.25, 0.3) is 0 Å². The SMILES string of the molecule is CC(C)=NOCCC(=O)O.NOCCC(=O)O. The Balaban J connectivity index is 0. The van der Waals surface area contributed by atoms with Crippen molar-refractivity contribution in [3.63, 3.8) is 0 Å². The van der Waals surface area contributed by atoms with Crippen LogP contribution in [-0.4, -0.2) is 41.1 Å². The molecule has 0 radical (unpaired) electrons. The van der Waals surface area contributed by atoms with Crippen LogP contribution in [0.4, 0.5) is 0 Å². The monoisotopic (exact) mass is 250 g/mol. The molecule has 0 unspecified atom stereocenters. The van der Waals surface area contributed by atoms with Gasteiger partial charge in [-0.15, -0.1) is 0 Å². The molecule has 0 aliphatic rings. The van der Waals surface area contributed by atoms with Gasteiger partial charge >= 0.3 is 11.9 Å². The standard InChI is InChI=1S/C6H11NO3.C3H7NO3/c1-5(2)7-10-4-3-6(8)9;4-7-2-1-3(5)6/h3-4H2,1-2H3,(H,8,9);1-2,4H2,(H,5,6). The van der Waals surface area contributed by atoms with E-state index in [-0.39, 0.29) is 26.1 Å². The number of carbonyl (C=O) groups is 2. The van der Waals surface area contributed by atoms with Gasteiger partial charge in [0.05, 0.1) is 25.2 Å². The van der Waals surface area contributed by atoms with Gasteiger partial charge in [0.2, 0.25) is 0 Å². The third-order valence-corrected chi connectivity index (χ3v) is 1.09. The predicted molar refractivity (Wildman–Crippen MR) is 59.4 cm³/mol. The third kappa shape index (κ3) is 25.0. The normalized spacial score (nSPS) is 8.65. The van der Waals surface area contributed by atoms with E-state index in [4.69, 9.17) is 10.2 Å². The summed E-state index contributed by atoms with van der Waals surface area (Å²) in [6.07, 6.45) is -0.0344. The van der Waals surface area contributed by atoms with Gasteiger partial charge in [0.25, 0.3) is 0 Å². The number of hydrogen-bond acceptors (Lipinski definition) is 6. The molecule has 0 bridgehead atoms. The first-order chi connectivity index (χ1) is 7.90. The molecule has 0 heterocycles. The van der Waals surface area contributed by atoms with Crippen molar-refractivity contribution in [3.8, 4) is 0 Å². The van der Waals surface area contributed by atoms with E-state index in [1.54, 1.807) is 13.8 Å². The lowest BCUT2D eigenvalue weighted by Crippen LogP contribution is -2.05. The smallest absolute Gasteiger partial charge is 0.306 e. The molecular weight excluding hydrogens is 232 g/mol. The van der Waals surface area contributed by atoms with E-state index in [1.807, 2.05) is 0 Å². The number of rotatable bonds is 7. The summed E-state index contributed by atoms with van der Waals surface area (Å²) in [5.41, 5.74) is 0.783. The lowest BCUT2D eigenvalue weighted by molar-refractivity contribution is -0.139. The van der Waals surface area contributed by atoms with E-state index in [1.165, 1.54) is 0 Å². The number of carboxylic acid groups (broad SMARTS) is 2. The van der Waals surface area contributed by atoms with Crippen LogP contribution >= 0.6 is 0 Å². The fourth-order valence-electron chi connectivity index (χ4n) is 0.454. The minimum atomic E-state index is -0.898. The highest BCUT2D eigenvalue weighted by Gasteiger charge is 1.94. The fraction of sp³-hybridized carbons (Fsp3) is 0.667. The molecule has 0 aromatic carbocycles. The minimum absolute atomic E-state index is 0.00319. The zero-order valence-corrected chi connectivity index (χ0v) is 9.88. The van der Waals surface area contributed by atoms with Crippen molar-refractivity contribution in [3.05, 3.63) is 0 Å². The van der Waals surface area contributed by atoms with Crippen molar-refractivity contribution in [1.82, 2.24) is 0 Å². The van der Waals surface area contributed by atoms with Crippen molar-refractivity contribution < 1.29 is 29.5 Å². The third-order valence-electron chi connectivity index (χ3n) is 1.09. The lowest BCUT2D eigenvalue weighted by Gasteiger charge is -1.94. The molecule has 8 heteroatoms. The van der Waals surface area contributed by atoms with E-state index in [0.717, 1.165) is 5.71 Å². The predicted octanol–water partition coefficient (Wildman–Crippen LogP) is 0.225. The minimum Gasteiger partial charge on any atom is -0.481 e. The summed E-state index contributed by atoms with van der Waals surface area (Å²) in [7, 11) is 0. The first-order valence-corrected chi connectivity index (χ1v) is 4.78. The Hall–Kier alpha value is -1.67. The van der Waals surface area contributed by atoms with E-state index in [0.29, 0.717) is 0 Å². The lowest BCUT2D eigenvalue weighted by atomic mass is 10.5. The number of hydrogen-bond donors (Lipinski definition) is 3. The van der Waals surface area contributed by atoms with Crippen LogP contribution in [0.5, 0.6) is 0 Å². The van der Waals surface area contributed by atoms with Gasteiger partial charge in [0, 0.05) is 0 Å². The zero-order chi connectivity index (χ0) is 13.7.